The molecule has 0 spiro atoms. The fraction of sp³-hybridized carbons (Fsp3) is 0.179. The molecule has 0 unspecified atom stereocenters. The van der Waals surface area contributed by atoms with Crippen molar-refractivity contribution >= 4 is 57.4 Å². The maximum atomic E-state index is 13.8. The first-order valence-electron chi connectivity index (χ1n) is 11.8. The summed E-state index contributed by atoms with van der Waals surface area (Å²) in [6.07, 6.45) is 0.541. The zero-order valence-corrected chi connectivity index (χ0v) is 21.0. The summed E-state index contributed by atoms with van der Waals surface area (Å²) in [5.41, 5.74) is 5.23. The summed E-state index contributed by atoms with van der Waals surface area (Å²) in [7, 11) is 0. The van der Waals surface area contributed by atoms with Gasteiger partial charge in [0, 0.05) is 28.0 Å². The number of benzene rings is 3. The molecule has 2 atom stereocenters. The first-order chi connectivity index (χ1) is 17.5. The van der Waals surface area contributed by atoms with E-state index in [4.69, 9.17) is 28.6 Å². The van der Waals surface area contributed by atoms with Crippen LogP contribution in [0.5, 0.6) is 0 Å². The summed E-state index contributed by atoms with van der Waals surface area (Å²) in [5.74, 6) is -0.483. The Balaban J connectivity index is 1.44. The quantitative estimate of drug-likeness (QED) is 0.281. The van der Waals surface area contributed by atoms with Crippen LogP contribution in [-0.2, 0) is 16.0 Å². The van der Waals surface area contributed by atoms with Gasteiger partial charge >= 0.3 is 5.97 Å². The maximum absolute atomic E-state index is 13.8. The minimum Gasteiger partial charge on any atom is -0.462 e. The van der Waals surface area contributed by atoms with Crippen molar-refractivity contribution in [2.75, 3.05) is 11.5 Å². The highest BCUT2D eigenvalue weighted by Crippen LogP contribution is 2.45. The Hall–Kier alpha value is -3.68. The number of fused-ring (bicyclic) bond motifs is 4. The van der Waals surface area contributed by atoms with Crippen LogP contribution in [0.3, 0.4) is 0 Å². The van der Waals surface area contributed by atoms with Crippen LogP contribution in [-0.4, -0.2) is 39.5 Å². The normalized spacial score (nSPS) is 18.9. The van der Waals surface area contributed by atoms with Crippen molar-refractivity contribution in [3.8, 4) is 0 Å². The van der Waals surface area contributed by atoms with Crippen LogP contribution in [0, 0.1) is 0 Å². The Morgan fingerprint density at radius 3 is 2.53 bits per heavy atom. The van der Waals surface area contributed by atoms with E-state index in [1.54, 1.807) is 36.1 Å². The topological polar surface area (TPSA) is 65.6 Å². The van der Waals surface area contributed by atoms with Gasteiger partial charge in [0.25, 0.3) is 5.91 Å². The lowest BCUT2D eigenvalue weighted by Gasteiger charge is -2.37. The number of aromatic nitrogens is 1. The highest BCUT2D eigenvalue weighted by Gasteiger charge is 2.51. The number of anilines is 1. The number of thiocarbonyl (C=S) groups is 1. The van der Waals surface area contributed by atoms with Crippen molar-refractivity contribution in [1.29, 1.82) is 0 Å². The Labute approximate surface area is 218 Å². The van der Waals surface area contributed by atoms with Crippen molar-refractivity contribution in [1.82, 2.24) is 9.88 Å². The van der Waals surface area contributed by atoms with E-state index in [9.17, 15) is 9.59 Å². The molecule has 6 nitrogen and oxygen atoms in total. The molecule has 3 heterocycles. The smallest absolute Gasteiger partial charge is 0.338 e. The number of carbonyl (C=O) groups excluding carboxylic acids is 2. The molecule has 0 saturated carbocycles. The molecule has 36 heavy (non-hydrogen) atoms. The van der Waals surface area contributed by atoms with Gasteiger partial charge in [-0.25, -0.2) is 4.79 Å². The zero-order valence-electron chi connectivity index (χ0n) is 19.4. The number of amides is 1. The van der Waals surface area contributed by atoms with Gasteiger partial charge in [0.2, 0.25) is 0 Å². The maximum Gasteiger partial charge on any atom is 0.338 e. The molecule has 0 aliphatic carbocycles. The number of H-pyrrole nitrogens is 1. The summed E-state index contributed by atoms with van der Waals surface area (Å²) in [5, 5.41) is 2.19. The number of aromatic amines is 1. The summed E-state index contributed by atoms with van der Waals surface area (Å²) in [6, 6.07) is 21.9. The second-order valence-electron chi connectivity index (χ2n) is 8.87. The molecule has 4 aromatic rings. The minimum absolute atomic E-state index is 0.0845. The Morgan fingerprint density at radius 2 is 1.81 bits per heavy atom. The van der Waals surface area contributed by atoms with E-state index >= 15 is 0 Å². The lowest BCUT2D eigenvalue weighted by molar-refractivity contribution is -0.120. The van der Waals surface area contributed by atoms with Crippen LogP contribution in [0.2, 0.25) is 5.02 Å². The Bertz CT molecular complexity index is 1510. The molecular formula is C28H22ClN3O3S. The third kappa shape index (κ3) is 3.50. The predicted molar refractivity (Wildman–Crippen MR) is 143 cm³/mol. The van der Waals surface area contributed by atoms with E-state index in [2.05, 4.69) is 17.1 Å². The molecule has 1 aromatic heterocycles. The fourth-order valence-corrected chi connectivity index (χ4v) is 5.82. The van der Waals surface area contributed by atoms with E-state index < -0.39 is 12.0 Å². The third-order valence-electron chi connectivity index (χ3n) is 6.87. The first-order valence-corrected chi connectivity index (χ1v) is 12.5. The molecule has 3 aromatic carbocycles. The Kier molecular flexibility index (Phi) is 5.54. The summed E-state index contributed by atoms with van der Waals surface area (Å²) in [6.45, 7) is 2.06. The van der Waals surface area contributed by atoms with Crippen molar-refractivity contribution in [2.24, 2.45) is 0 Å². The van der Waals surface area contributed by atoms with Gasteiger partial charge in [0.1, 0.15) is 6.04 Å². The standard InChI is InChI=1S/C28H22ClN3O3S/c1-2-35-27(34)17-9-13-19(14-10-17)31-26(33)23-15-21-20-5-3-4-6-22(20)30-24(21)25(32(23)28(31)36)16-7-11-18(29)12-8-16/h3-14,23,25,30H,2,15H2,1H3/t23-,25-/m1/s1. The number of esters is 1. The second kappa shape index (κ2) is 8.76. The van der Waals surface area contributed by atoms with Gasteiger partial charge in [-0.3, -0.25) is 9.69 Å². The molecule has 2 aliphatic rings. The van der Waals surface area contributed by atoms with Crippen LogP contribution in [0.25, 0.3) is 10.9 Å². The average Bonchev–Trinajstić information content (AvgIpc) is 3.38. The number of hydrogen-bond acceptors (Lipinski definition) is 4. The number of nitrogens with one attached hydrogen (secondary N) is 1. The molecule has 1 saturated heterocycles. The Morgan fingerprint density at radius 1 is 1.08 bits per heavy atom. The highest BCUT2D eigenvalue weighted by atomic mass is 35.5. The third-order valence-corrected chi connectivity index (χ3v) is 7.52. The summed E-state index contributed by atoms with van der Waals surface area (Å²) >= 11 is 12.1. The molecule has 6 rings (SSSR count). The second-order valence-corrected chi connectivity index (χ2v) is 9.67. The predicted octanol–water partition coefficient (Wildman–Crippen LogP) is 5.65. The lowest BCUT2D eigenvalue weighted by atomic mass is 9.89. The number of halogens is 1. The van der Waals surface area contributed by atoms with Crippen molar-refractivity contribution in [2.45, 2.75) is 25.4 Å². The largest absolute Gasteiger partial charge is 0.462 e. The monoisotopic (exact) mass is 515 g/mol. The van der Waals surface area contributed by atoms with Gasteiger partial charge in [-0.05, 0) is 72.7 Å². The number of nitrogens with zero attached hydrogens (tertiary/aromatic N) is 2. The number of carbonyl (C=O) groups is 2. The molecule has 8 heteroatoms. The van der Waals surface area contributed by atoms with E-state index in [1.807, 2.05) is 41.3 Å². The molecule has 1 fully saturated rings. The first kappa shape index (κ1) is 22.8. The molecule has 0 radical (unpaired) electrons. The van der Waals surface area contributed by atoms with Gasteiger partial charge in [-0.1, -0.05) is 41.9 Å². The van der Waals surface area contributed by atoms with Gasteiger partial charge in [-0.2, -0.15) is 0 Å². The molecule has 180 valence electrons. The highest BCUT2D eigenvalue weighted by molar-refractivity contribution is 7.80. The van der Waals surface area contributed by atoms with Gasteiger partial charge < -0.3 is 14.6 Å². The van der Waals surface area contributed by atoms with Crippen molar-refractivity contribution in [3.05, 3.63) is 100 Å². The van der Waals surface area contributed by atoms with E-state index in [0.29, 0.717) is 34.4 Å². The molecule has 2 aliphatic heterocycles. The van der Waals surface area contributed by atoms with Crippen LogP contribution in [0.15, 0.2) is 72.8 Å². The molecular weight excluding hydrogens is 494 g/mol. The minimum atomic E-state index is -0.449. The number of para-hydroxylation sites is 1. The average molecular weight is 516 g/mol. The molecule has 1 amide bonds. The molecule has 0 bridgehead atoms. The van der Waals surface area contributed by atoms with Gasteiger partial charge in [0.05, 0.1) is 23.9 Å². The lowest BCUT2D eigenvalue weighted by Crippen LogP contribution is -2.44. The SMILES string of the molecule is CCOC(=O)c1ccc(N2C(=O)[C@H]3Cc4c([nH]c5ccccc45)[C@@H](c4ccc(Cl)cc4)N3C2=S)cc1. The number of ether oxygens (including phenoxy) is 1. The van der Waals surface area contributed by atoms with Gasteiger partial charge in [0.15, 0.2) is 5.11 Å². The van der Waals surface area contributed by atoms with Crippen LogP contribution >= 0.6 is 23.8 Å². The van der Waals surface area contributed by atoms with E-state index in [-0.39, 0.29) is 11.9 Å². The van der Waals surface area contributed by atoms with Crippen LogP contribution < -0.4 is 4.90 Å². The number of rotatable bonds is 4. The fourth-order valence-electron chi connectivity index (χ4n) is 5.26. The van der Waals surface area contributed by atoms with E-state index in [1.165, 1.54) is 0 Å². The van der Waals surface area contributed by atoms with E-state index in [0.717, 1.165) is 27.7 Å². The van der Waals surface area contributed by atoms with Crippen LogP contribution in [0.4, 0.5) is 5.69 Å². The van der Waals surface area contributed by atoms with Crippen molar-refractivity contribution in [3.63, 3.8) is 0 Å². The summed E-state index contributed by atoms with van der Waals surface area (Å²) in [4.78, 5) is 33.1. The van der Waals surface area contributed by atoms with Crippen LogP contribution in [0.1, 0.15) is 40.1 Å². The number of hydrogen-bond donors (Lipinski definition) is 1. The van der Waals surface area contributed by atoms with Gasteiger partial charge in [-0.15, -0.1) is 0 Å². The summed E-state index contributed by atoms with van der Waals surface area (Å²) < 4.78 is 5.08. The van der Waals surface area contributed by atoms with Crippen molar-refractivity contribution < 1.29 is 14.3 Å². The zero-order chi connectivity index (χ0) is 25.0. The molecule has 1 N–H and O–H groups in total.